The lowest BCUT2D eigenvalue weighted by atomic mass is 10.2. The summed E-state index contributed by atoms with van der Waals surface area (Å²) in [6, 6.07) is 10.5. The predicted molar refractivity (Wildman–Crippen MR) is 94.5 cm³/mol. The van der Waals surface area contributed by atoms with Gasteiger partial charge in [0.15, 0.2) is 11.5 Å². The minimum Gasteiger partial charge on any atom is -0.493 e. The van der Waals surface area contributed by atoms with Gasteiger partial charge in [-0.25, -0.2) is 4.98 Å². The van der Waals surface area contributed by atoms with Crippen molar-refractivity contribution in [3.63, 3.8) is 0 Å². The van der Waals surface area contributed by atoms with Crippen molar-refractivity contribution < 1.29 is 14.3 Å². The summed E-state index contributed by atoms with van der Waals surface area (Å²) in [6.45, 7) is 1.87. The van der Waals surface area contributed by atoms with E-state index in [0.717, 1.165) is 5.56 Å². The quantitative estimate of drug-likeness (QED) is 0.621. The van der Waals surface area contributed by atoms with E-state index < -0.39 is 5.91 Å². The second-order valence-corrected chi connectivity index (χ2v) is 5.01. The maximum atomic E-state index is 12.3. The number of carbonyl (C=O) groups is 1. The third-order valence-electron chi connectivity index (χ3n) is 3.37. The van der Waals surface area contributed by atoms with E-state index in [0.29, 0.717) is 23.0 Å². The number of hydrogen-bond acceptors (Lipinski definition) is 6. The highest BCUT2D eigenvalue weighted by Gasteiger charge is 2.12. The fourth-order valence-electron chi connectivity index (χ4n) is 2.04. The van der Waals surface area contributed by atoms with E-state index in [-0.39, 0.29) is 5.57 Å². The molecule has 0 aliphatic carbocycles. The normalized spacial score (nSPS) is 10.6. The van der Waals surface area contributed by atoms with Gasteiger partial charge in [0.2, 0.25) is 0 Å². The number of anilines is 2. The number of amides is 1. The van der Waals surface area contributed by atoms with Gasteiger partial charge in [-0.1, -0.05) is 6.07 Å². The fraction of sp³-hybridized carbons (Fsp3) is 0.167. The van der Waals surface area contributed by atoms with Gasteiger partial charge in [0.05, 0.1) is 14.2 Å². The van der Waals surface area contributed by atoms with Crippen molar-refractivity contribution in [3.05, 3.63) is 53.9 Å². The summed E-state index contributed by atoms with van der Waals surface area (Å²) >= 11 is 0. The van der Waals surface area contributed by atoms with E-state index in [1.807, 2.05) is 19.1 Å². The molecule has 0 radical (unpaired) electrons. The average Bonchev–Trinajstić information content (AvgIpc) is 2.63. The second-order valence-electron chi connectivity index (χ2n) is 5.01. The Balaban J connectivity index is 2.14. The van der Waals surface area contributed by atoms with Crippen molar-refractivity contribution in [1.29, 1.82) is 5.26 Å². The van der Waals surface area contributed by atoms with Gasteiger partial charge < -0.3 is 20.1 Å². The van der Waals surface area contributed by atoms with Crippen LogP contribution in [0.15, 0.2) is 48.3 Å². The number of nitriles is 1. The summed E-state index contributed by atoms with van der Waals surface area (Å²) in [7, 11) is 3.03. The molecule has 1 aromatic carbocycles. The number of aryl methyl sites for hydroxylation is 1. The van der Waals surface area contributed by atoms with Gasteiger partial charge in [0.1, 0.15) is 17.5 Å². The van der Waals surface area contributed by atoms with Crippen molar-refractivity contribution in [2.45, 2.75) is 6.92 Å². The van der Waals surface area contributed by atoms with Crippen LogP contribution in [0.4, 0.5) is 11.5 Å². The molecule has 128 valence electrons. The first-order valence-electron chi connectivity index (χ1n) is 7.41. The molecule has 2 rings (SSSR count). The van der Waals surface area contributed by atoms with E-state index in [1.54, 1.807) is 30.5 Å². The van der Waals surface area contributed by atoms with Crippen LogP contribution < -0.4 is 20.1 Å². The van der Waals surface area contributed by atoms with Crippen molar-refractivity contribution >= 4 is 17.4 Å². The van der Waals surface area contributed by atoms with Gasteiger partial charge in [0.25, 0.3) is 5.91 Å². The van der Waals surface area contributed by atoms with Gasteiger partial charge in [-0.3, -0.25) is 4.79 Å². The molecular weight excluding hydrogens is 320 g/mol. The van der Waals surface area contributed by atoms with Crippen LogP contribution in [0, 0.1) is 18.3 Å². The van der Waals surface area contributed by atoms with Gasteiger partial charge in [-0.15, -0.1) is 0 Å². The minimum absolute atomic E-state index is 0.0835. The number of rotatable bonds is 6. The first kappa shape index (κ1) is 17.8. The Kier molecular flexibility index (Phi) is 5.96. The van der Waals surface area contributed by atoms with Gasteiger partial charge in [-0.05, 0) is 30.7 Å². The zero-order valence-corrected chi connectivity index (χ0v) is 14.2. The molecule has 1 amide bonds. The lowest BCUT2D eigenvalue weighted by Crippen LogP contribution is -2.14. The Hall–Kier alpha value is -3.53. The van der Waals surface area contributed by atoms with Crippen molar-refractivity contribution in [3.8, 4) is 17.6 Å². The zero-order chi connectivity index (χ0) is 18.2. The van der Waals surface area contributed by atoms with E-state index in [1.165, 1.54) is 20.4 Å². The number of aromatic nitrogens is 1. The summed E-state index contributed by atoms with van der Waals surface area (Å²) in [5.74, 6) is 1.05. The highest BCUT2D eigenvalue weighted by molar-refractivity contribution is 6.06. The van der Waals surface area contributed by atoms with E-state index in [4.69, 9.17) is 9.47 Å². The van der Waals surface area contributed by atoms with Crippen LogP contribution in [0.1, 0.15) is 5.56 Å². The molecule has 0 atom stereocenters. The molecule has 0 saturated heterocycles. The first-order valence-corrected chi connectivity index (χ1v) is 7.41. The molecule has 0 fully saturated rings. The number of pyridine rings is 1. The van der Waals surface area contributed by atoms with Crippen LogP contribution in [-0.4, -0.2) is 25.1 Å². The molecule has 25 heavy (non-hydrogen) atoms. The minimum atomic E-state index is -0.546. The van der Waals surface area contributed by atoms with E-state index in [2.05, 4.69) is 15.6 Å². The molecule has 0 spiro atoms. The molecule has 1 heterocycles. The summed E-state index contributed by atoms with van der Waals surface area (Å²) < 4.78 is 10.3. The lowest BCUT2D eigenvalue weighted by molar-refractivity contribution is -0.112. The zero-order valence-electron chi connectivity index (χ0n) is 14.2. The first-order chi connectivity index (χ1) is 12.1. The molecule has 0 unspecified atom stereocenters. The van der Waals surface area contributed by atoms with Gasteiger partial charge in [-0.2, -0.15) is 5.26 Å². The fourth-order valence-corrected chi connectivity index (χ4v) is 2.04. The monoisotopic (exact) mass is 338 g/mol. The molecular formula is C18H18N4O3. The average molecular weight is 338 g/mol. The largest absolute Gasteiger partial charge is 0.493 e. The molecule has 0 bridgehead atoms. The number of ether oxygens (including phenoxy) is 2. The van der Waals surface area contributed by atoms with Crippen molar-refractivity contribution in [2.24, 2.45) is 0 Å². The molecule has 7 nitrogen and oxygen atoms in total. The number of benzene rings is 1. The van der Waals surface area contributed by atoms with Crippen LogP contribution in [0.5, 0.6) is 11.5 Å². The van der Waals surface area contributed by atoms with E-state index >= 15 is 0 Å². The third kappa shape index (κ3) is 4.48. The number of hydrogen-bond donors (Lipinski definition) is 2. The Morgan fingerprint density at radius 3 is 2.64 bits per heavy atom. The van der Waals surface area contributed by atoms with Crippen LogP contribution in [-0.2, 0) is 4.79 Å². The maximum Gasteiger partial charge on any atom is 0.267 e. The van der Waals surface area contributed by atoms with Crippen LogP contribution >= 0.6 is 0 Å². The van der Waals surface area contributed by atoms with Crippen molar-refractivity contribution in [2.75, 3.05) is 24.9 Å². The van der Waals surface area contributed by atoms with Crippen molar-refractivity contribution in [1.82, 2.24) is 4.98 Å². The number of carbonyl (C=O) groups excluding carboxylic acids is 1. The van der Waals surface area contributed by atoms with Gasteiger partial charge >= 0.3 is 0 Å². The summed E-state index contributed by atoms with van der Waals surface area (Å²) in [6.07, 6.45) is 2.95. The third-order valence-corrected chi connectivity index (χ3v) is 3.37. The standard InChI is InChI=1S/C18H18N4O3/c1-12-5-4-8-20-17(12)21-11-13(10-19)18(23)22-14-6-7-15(24-2)16(9-14)25-3/h4-9,11H,1-3H3,(H,20,21)(H,22,23)/b13-11-. The van der Waals surface area contributed by atoms with Crippen LogP contribution in [0.25, 0.3) is 0 Å². The highest BCUT2D eigenvalue weighted by atomic mass is 16.5. The molecule has 0 saturated carbocycles. The lowest BCUT2D eigenvalue weighted by Gasteiger charge is -2.10. The Morgan fingerprint density at radius 1 is 1.24 bits per heavy atom. The topological polar surface area (TPSA) is 96.3 Å². The number of methoxy groups -OCH3 is 2. The molecule has 0 aliphatic rings. The summed E-state index contributed by atoms with van der Waals surface area (Å²) in [4.78, 5) is 16.4. The summed E-state index contributed by atoms with van der Waals surface area (Å²) in [5, 5.41) is 14.7. The highest BCUT2D eigenvalue weighted by Crippen LogP contribution is 2.29. The smallest absolute Gasteiger partial charge is 0.267 e. The Bertz CT molecular complexity index is 840. The number of nitrogens with one attached hydrogen (secondary N) is 2. The van der Waals surface area contributed by atoms with Crippen LogP contribution in [0.3, 0.4) is 0 Å². The molecule has 7 heteroatoms. The molecule has 0 aliphatic heterocycles. The SMILES string of the molecule is COc1ccc(NC(=O)/C(C#N)=C\Nc2ncccc2C)cc1OC. The predicted octanol–water partition coefficient (Wildman–Crippen LogP) is 2.87. The number of nitrogens with zero attached hydrogens (tertiary/aromatic N) is 2. The maximum absolute atomic E-state index is 12.3. The van der Waals surface area contributed by atoms with Crippen LogP contribution in [0.2, 0.25) is 0 Å². The Labute approximate surface area is 145 Å². The molecule has 1 aromatic heterocycles. The second kappa shape index (κ2) is 8.36. The van der Waals surface area contributed by atoms with Gasteiger partial charge in [0, 0.05) is 24.2 Å². The Morgan fingerprint density at radius 2 is 2.00 bits per heavy atom. The molecule has 2 aromatic rings. The molecule has 2 N–H and O–H groups in total. The van der Waals surface area contributed by atoms with E-state index in [9.17, 15) is 10.1 Å². The summed E-state index contributed by atoms with van der Waals surface area (Å²) in [5.41, 5.74) is 1.30.